The van der Waals surface area contributed by atoms with Crippen molar-refractivity contribution in [3.63, 3.8) is 0 Å². The highest BCUT2D eigenvalue weighted by Gasteiger charge is 2.19. The molecule has 7 aromatic carbocycles. The summed E-state index contributed by atoms with van der Waals surface area (Å²) in [4.78, 5) is 0. The molecule has 7 rings (SSSR count). The van der Waals surface area contributed by atoms with Crippen LogP contribution in [0.1, 0.15) is 5.56 Å². The van der Waals surface area contributed by atoms with Gasteiger partial charge in [-0.05, 0) is 77.8 Å². The Morgan fingerprint density at radius 3 is 1.40 bits per heavy atom. The molecular weight excluding hydrogens is 420 g/mol. The van der Waals surface area contributed by atoms with E-state index in [0.29, 0.717) is 0 Å². The van der Waals surface area contributed by atoms with Gasteiger partial charge in [-0.3, -0.25) is 0 Å². The standard InChI is InChI=1S/C35H24/c1-23-21-22-25-12-3-5-15-27(25)33(23)35-31-18-8-6-16-29(31)34(30-17-7-9-19-32(30)35)28-20-10-13-24-11-2-4-14-26(24)28/h2-22H,1H3. The minimum absolute atomic E-state index is 1.27. The van der Waals surface area contributed by atoms with E-state index in [-0.39, 0.29) is 0 Å². The Bertz CT molecular complexity index is 1840. The van der Waals surface area contributed by atoms with Crippen molar-refractivity contribution in [2.75, 3.05) is 0 Å². The molecule has 0 unspecified atom stereocenters. The molecule has 0 heterocycles. The van der Waals surface area contributed by atoms with Gasteiger partial charge in [-0.15, -0.1) is 0 Å². The van der Waals surface area contributed by atoms with Crippen LogP contribution in [-0.4, -0.2) is 0 Å². The van der Waals surface area contributed by atoms with Gasteiger partial charge in [0.05, 0.1) is 0 Å². The number of hydrogen-bond acceptors (Lipinski definition) is 0. The quantitative estimate of drug-likeness (QED) is 0.233. The predicted octanol–water partition coefficient (Wildman–Crippen LogP) is 9.94. The van der Waals surface area contributed by atoms with Gasteiger partial charge in [0.25, 0.3) is 0 Å². The Morgan fingerprint density at radius 1 is 0.314 bits per heavy atom. The molecule has 0 radical (unpaired) electrons. The molecule has 164 valence electrons. The minimum atomic E-state index is 1.27. The molecule has 0 aliphatic rings. The Morgan fingerprint density at radius 2 is 0.771 bits per heavy atom. The topological polar surface area (TPSA) is 0 Å². The normalized spacial score (nSPS) is 11.6. The first-order valence-electron chi connectivity index (χ1n) is 12.2. The first kappa shape index (κ1) is 20.0. The fourth-order valence-corrected chi connectivity index (χ4v) is 5.84. The zero-order valence-electron chi connectivity index (χ0n) is 19.6. The van der Waals surface area contributed by atoms with Gasteiger partial charge in [0.1, 0.15) is 0 Å². The van der Waals surface area contributed by atoms with Crippen molar-refractivity contribution in [1.29, 1.82) is 0 Å². The highest BCUT2D eigenvalue weighted by molar-refractivity contribution is 6.25. The second-order valence-electron chi connectivity index (χ2n) is 9.35. The van der Waals surface area contributed by atoms with Crippen LogP contribution in [0.2, 0.25) is 0 Å². The summed E-state index contributed by atoms with van der Waals surface area (Å²) in [5.74, 6) is 0. The third kappa shape index (κ3) is 3.00. The molecule has 0 bridgehead atoms. The maximum Gasteiger partial charge on any atom is -0.00175 e. The predicted molar refractivity (Wildman–Crippen MR) is 152 cm³/mol. The van der Waals surface area contributed by atoms with Crippen molar-refractivity contribution in [2.45, 2.75) is 6.92 Å². The summed E-state index contributed by atoms with van der Waals surface area (Å²) < 4.78 is 0. The van der Waals surface area contributed by atoms with E-state index < -0.39 is 0 Å². The average Bonchev–Trinajstić information content (AvgIpc) is 2.92. The van der Waals surface area contributed by atoms with Crippen LogP contribution in [0.4, 0.5) is 0 Å². The molecule has 0 atom stereocenters. The number of aryl methyl sites for hydroxylation is 1. The van der Waals surface area contributed by atoms with Gasteiger partial charge in [0.2, 0.25) is 0 Å². The van der Waals surface area contributed by atoms with Crippen molar-refractivity contribution in [2.24, 2.45) is 0 Å². The van der Waals surface area contributed by atoms with Crippen molar-refractivity contribution in [3.8, 4) is 22.3 Å². The van der Waals surface area contributed by atoms with Crippen molar-refractivity contribution < 1.29 is 0 Å². The molecule has 0 nitrogen and oxygen atoms in total. The fourth-order valence-electron chi connectivity index (χ4n) is 5.84. The number of fused-ring (bicyclic) bond motifs is 4. The summed E-state index contributed by atoms with van der Waals surface area (Å²) in [5.41, 5.74) is 6.57. The van der Waals surface area contributed by atoms with Crippen LogP contribution in [-0.2, 0) is 0 Å². The Kier molecular flexibility index (Phi) is 4.47. The summed E-state index contributed by atoms with van der Waals surface area (Å²) in [6.45, 7) is 2.24. The van der Waals surface area contributed by atoms with E-state index in [1.807, 2.05) is 0 Å². The van der Waals surface area contributed by atoms with Gasteiger partial charge >= 0.3 is 0 Å². The number of rotatable bonds is 2. The van der Waals surface area contributed by atoms with Crippen molar-refractivity contribution >= 4 is 43.1 Å². The molecule has 0 aliphatic carbocycles. The maximum atomic E-state index is 2.30. The zero-order chi connectivity index (χ0) is 23.4. The second-order valence-corrected chi connectivity index (χ2v) is 9.35. The van der Waals surface area contributed by atoms with E-state index in [1.54, 1.807) is 0 Å². The monoisotopic (exact) mass is 444 g/mol. The summed E-state index contributed by atoms with van der Waals surface area (Å²) >= 11 is 0. The van der Waals surface area contributed by atoms with E-state index in [4.69, 9.17) is 0 Å². The molecule has 0 amide bonds. The molecule has 0 heteroatoms. The van der Waals surface area contributed by atoms with E-state index in [2.05, 4.69) is 134 Å². The van der Waals surface area contributed by atoms with Gasteiger partial charge in [-0.2, -0.15) is 0 Å². The smallest absolute Gasteiger partial charge is 0.00175 e. The molecule has 35 heavy (non-hydrogen) atoms. The van der Waals surface area contributed by atoms with Crippen LogP contribution in [0.5, 0.6) is 0 Å². The number of benzene rings is 7. The van der Waals surface area contributed by atoms with Gasteiger partial charge in [0, 0.05) is 0 Å². The first-order valence-corrected chi connectivity index (χ1v) is 12.2. The summed E-state index contributed by atoms with van der Waals surface area (Å²) in [7, 11) is 0. The minimum Gasteiger partial charge on any atom is -0.0616 e. The fraction of sp³-hybridized carbons (Fsp3) is 0.0286. The van der Waals surface area contributed by atoms with Crippen LogP contribution >= 0.6 is 0 Å². The van der Waals surface area contributed by atoms with Crippen LogP contribution in [0.3, 0.4) is 0 Å². The molecule has 0 saturated carbocycles. The Balaban J connectivity index is 1.72. The molecular formula is C35H24. The summed E-state index contributed by atoms with van der Waals surface area (Å²) in [5, 5.41) is 10.3. The van der Waals surface area contributed by atoms with E-state index in [9.17, 15) is 0 Å². The summed E-state index contributed by atoms with van der Waals surface area (Å²) in [6, 6.07) is 46.5. The van der Waals surface area contributed by atoms with Crippen molar-refractivity contribution in [1.82, 2.24) is 0 Å². The average molecular weight is 445 g/mol. The molecule has 0 spiro atoms. The lowest BCUT2D eigenvalue weighted by molar-refractivity contribution is 1.50. The molecule has 0 aromatic heterocycles. The zero-order valence-corrected chi connectivity index (χ0v) is 19.6. The highest BCUT2D eigenvalue weighted by Crippen LogP contribution is 2.47. The lowest BCUT2D eigenvalue weighted by atomic mass is 9.82. The van der Waals surface area contributed by atoms with Crippen LogP contribution < -0.4 is 0 Å². The third-order valence-corrected chi connectivity index (χ3v) is 7.38. The van der Waals surface area contributed by atoms with Crippen LogP contribution in [0, 0.1) is 6.92 Å². The highest BCUT2D eigenvalue weighted by atomic mass is 14.2. The second kappa shape index (κ2) is 7.82. The molecule has 0 aliphatic heterocycles. The Hall–Kier alpha value is -4.42. The lowest BCUT2D eigenvalue weighted by Gasteiger charge is -2.20. The van der Waals surface area contributed by atoms with Gasteiger partial charge in [-0.1, -0.05) is 127 Å². The van der Waals surface area contributed by atoms with Crippen LogP contribution in [0.25, 0.3) is 65.3 Å². The van der Waals surface area contributed by atoms with E-state index >= 15 is 0 Å². The lowest BCUT2D eigenvalue weighted by Crippen LogP contribution is -1.94. The van der Waals surface area contributed by atoms with Gasteiger partial charge in [-0.25, -0.2) is 0 Å². The van der Waals surface area contributed by atoms with Crippen LogP contribution in [0.15, 0.2) is 127 Å². The molecule has 0 fully saturated rings. The molecule has 7 aromatic rings. The van der Waals surface area contributed by atoms with E-state index in [1.165, 1.54) is 70.9 Å². The van der Waals surface area contributed by atoms with Gasteiger partial charge < -0.3 is 0 Å². The van der Waals surface area contributed by atoms with Crippen molar-refractivity contribution in [3.05, 3.63) is 133 Å². The largest absolute Gasteiger partial charge is 0.0616 e. The molecule has 0 N–H and O–H groups in total. The van der Waals surface area contributed by atoms with E-state index in [0.717, 1.165) is 0 Å². The Labute approximate surface area is 205 Å². The maximum absolute atomic E-state index is 2.30. The third-order valence-electron chi connectivity index (χ3n) is 7.38. The van der Waals surface area contributed by atoms with Gasteiger partial charge in [0.15, 0.2) is 0 Å². The SMILES string of the molecule is Cc1ccc2ccccc2c1-c1c2ccccc2c(-c2cccc3ccccc23)c2ccccc12. The molecule has 0 saturated heterocycles. The number of hydrogen-bond donors (Lipinski definition) is 0. The first-order chi connectivity index (χ1) is 17.3. The summed E-state index contributed by atoms with van der Waals surface area (Å²) in [6.07, 6.45) is 0.